The monoisotopic (exact) mass is 363 g/mol. The lowest BCUT2D eigenvalue weighted by Gasteiger charge is -2.35. The number of carbonyl (C=O) groups is 2. The minimum atomic E-state index is -0.521. The zero-order chi connectivity index (χ0) is 18.2. The van der Waals surface area contributed by atoms with Crippen molar-refractivity contribution in [3.8, 4) is 0 Å². The number of nitrogens with one attached hydrogen (secondary N) is 1. The quantitative estimate of drug-likeness (QED) is 0.843. The number of rotatable bonds is 1. The third kappa shape index (κ3) is 3.74. The Labute approximate surface area is 151 Å². The minimum absolute atomic E-state index is 0.0621. The fraction of sp³-hybridized carbons (Fsp3) is 0.444. The van der Waals surface area contributed by atoms with E-state index in [-0.39, 0.29) is 12.0 Å². The molecule has 7 heteroatoms. The van der Waals surface area contributed by atoms with Gasteiger partial charge in [-0.3, -0.25) is 4.79 Å². The number of hydrogen-bond acceptors (Lipinski definition) is 3. The van der Waals surface area contributed by atoms with E-state index in [1.165, 1.54) is 0 Å². The van der Waals surface area contributed by atoms with Crippen LogP contribution in [0.1, 0.15) is 31.1 Å². The van der Waals surface area contributed by atoms with Crippen molar-refractivity contribution in [2.45, 2.75) is 26.4 Å². The number of nitrogens with zero attached hydrogens (tertiary/aromatic N) is 2. The van der Waals surface area contributed by atoms with Crippen LogP contribution in [0.15, 0.2) is 24.4 Å². The summed E-state index contributed by atoms with van der Waals surface area (Å²) in [6, 6.07) is 5.50. The highest BCUT2D eigenvalue weighted by molar-refractivity contribution is 6.36. The van der Waals surface area contributed by atoms with Crippen LogP contribution in [0.5, 0.6) is 0 Å². The second-order valence-electron chi connectivity index (χ2n) is 7.12. The zero-order valence-corrected chi connectivity index (χ0v) is 15.4. The second-order valence-corrected chi connectivity index (χ2v) is 7.53. The molecule has 2 aromatic rings. The summed E-state index contributed by atoms with van der Waals surface area (Å²) < 4.78 is 5.38. The van der Waals surface area contributed by atoms with Crippen LogP contribution in [0.25, 0.3) is 10.9 Å². The number of amides is 2. The molecule has 0 atom stereocenters. The van der Waals surface area contributed by atoms with Crippen molar-refractivity contribution in [2.75, 3.05) is 26.2 Å². The first-order valence-electron chi connectivity index (χ1n) is 8.29. The van der Waals surface area contributed by atoms with Crippen molar-refractivity contribution in [2.24, 2.45) is 0 Å². The van der Waals surface area contributed by atoms with Crippen LogP contribution < -0.4 is 0 Å². The average molecular weight is 364 g/mol. The van der Waals surface area contributed by atoms with Crippen LogP contribution in [-0.4, -0.2) is 58.6 Å². The van der Waals surface area contributed by atoms with E-state index in [1.807, 2.05) is 32.9 Å². The zero-order valence-electron chi connectivity index (χ0n) is 14.6. The molecule has 0 spiro atoms. The third-order valence-electron chi connectivity index (χ3n) is 4.11. The minimum Gasteiger partial charge on any atom is -0.444 e. The van der Waals surface area contributed by atoms with E-state index in [9.17, 15) is 9.59 Å². The number of carbonyl (C=O) groups excluding carboxylic acids is 2. The average Bonchev–Trinajstić information content (AvgIpc) is 2.94. The number of benzene rings is 1. The maximum atomic E-state index is 12.9. The van der Waals surface area contributed by atoms with Crippen LogP contribution in [0.3, 0.4) is 0 Å². The molecule has 0 saturated carbocycles. The number of para-hydroxylation sites is 1. The van der Waals surface area contributed by atoms with E-state index in [0.717, 1.165) is 10.9 Å². The number of halogens is 1. The summed E-state index contributed by atoms with van der Waals surface area (Å²) >= 11 is 6.13. The SMILES string of the molecule is CC(C)(C)OC(=O)N1CCN(C(=O)c2cccc3c(Cl)c[nH]c23)CC1. The molecule has 1 aromatic heterocycles. The van der Waals surface area contributed by atoms with Gasteiger partial charge in [-0.25, -0.2) is 4.79 Å². The van der Waals surface area contributed by atoms with E-state index in [0.29, 0.717) is 36.8 Å². The molecule has 0 unspecified atom stereocenters. The molecule has 6 nitrogen and oxygen atoms in total. The highest BCUT2D eigenvalue weighted by Gasteiger charge is 2.28. The van der Waals surface area contributed by atoms with Gasteiger partial charge in [0.2, 0.25) is 0 Å². The van der Waals surface area contributed by atoms with E-state index in [4.69, 9.17) is 16.3 Å². The van der Waals surface area contributed by atoms with E-state index >= 15 is 0 Å². The highest BCUT2D eigenvalue weighted by Crippen LogP contribution is 2.26. The van der Waals surface area contributed by atoms with Gasteiger partial charge in [0.25, 0.3) is 5.91 Å². The number of hydrogen-bond donors (Lipinski definition) is 1. The van der Waals surface area contributed by atoms with Gasteiger partial charge in [0.05, 0.1) is 16.1 Å². The molecular weight excluding hydrogens is 342 g/mol. The first-order chi connectivity index (χ1) is 11.8. The Morgan fingerprint density at radius 2 is 1.76 bits per heavy atom. The van der Waals surface area contributed by atoms with Gasteiger partial charge in [0.1, 0.15) is 5.60 Å². The Kier molecular flexibility index (Phi) is 4.64. The molecule has 2 amide bonds. The summed E-state index contributed by atoms with van der Waals surface area (Å²) in [5, 5.41) is 1.43. The van der Waals surface area contributed by atoms with Crippen LogP contribution in [0, 0.1) is 0 Å². The number of fused-ring (bicyclic) bond motifs is 1. The lowest BCUT2D eigenvalue weighted by Crippen LogP contribution is -2.51. The van der Waals surface area contributed by atoms with Crippen molar-refractivity contribution in [3.63, 3.8) is 0 Å². The summed E-state index contributed by atoms with van der Waals surface area (Å²) in [6.45, 7) is 7.39. The largest absolute Gasteiger partial charge is 0.444 e. The number of ether oxygens (including phenoxy) is 1. The highest BCUT2D eigenvalue weighted by atomic mass is 35.5. The Morgan fingerprint density at radius 1 is 1.12 bits per heavy atom. The number of piperazine rings is 1. The van der Waals surface area contributed by atoms with Gasteiger partial charge in [-0.1, -0.05) is 23.7 Å². The molecular formula is C18H22ClN3O3. The van der Waals surface area contributed by atoms with Gasteiger partial charge >= 0.3 is 6.09 Å². The molecule has 1 saturated heterocycles. The molecule has 134 valence electrons. The summed E-state index contributed by atoms with van der Waals surface area (Å²) in [5.41, 5.74) is 0.814. The van der Waals surface area contributed by atoms with Crippen molar-refractivity contribution >= 4 is 34.5 Å². The van der Waals surface area contributed by atoms with Gasteiger partial charge in [-0.05, 0) is 26.8 Å². The van der Waals surface area contributed by atoms with Crippen LogP contribution >= 0.6 is 11.6 Å². The summed E-state index contributed by atoms with van der Waals surface area (Å²) in [6.07, 6.45) is 1.35. The molecule has 1 fully saturated rings. The van der Waals surface area contributed by atoms with Crippen molar-refractivity contribution in [3.05, 3.63) is 35.0 Å². The van der Waals surface area contributed by atoms with Crippen LogP contribution in [-0.2, 0) is 4.74 Å². The van der Waals surface area contributed by atoms with Crippen molar-refractivity contribution in [1.82, 2.24) is 14.8 Å². The molecule has 25 heavy (non-hydrogen) atoms. The molecule has 0 aliphatic carbocycles. The molecule has 1 aliphatic heterocycles. The summed E-state index contributed by atoms with van der Waals surface area (Å²) in [7, 11) is 0. The van der Waals surface area contributed by atoms with E-state index in [2.05, 4.69) is 4.98 Å². The Hall–Kier alpha value is -2.21. The van der Waals surface area contributed by atoms with Gasteiger partial charge in [-0.15, -0.1) is 0 Å². The lowest BCUT2D eigenvalue weighted by molar-refractivity contribution is 0.0141. The predicted octanol–water partition coefficient (Wildman–Crippen LogP) is 3.51. The first-order valence-corrected chi connectivity index (χ1v) is 8.67. The number of aromatic amines is 1. The van der Waals surface area contributed by atoms with Crippen molar-refractivity contribution < 1.29 is 14.3 Å². The third-order valence-corrected chi connectivity index (χ3v) is 4.43. The summed E-state index contributed by atoms with van der Waals surface area (Å²) in [4.78, 5) is 31.4. The van der Waals surface area contributed by atoms with Crippen LogP contribution in [0.2, 0.25) is 5.02 Å². The molecule has 1 aliphatic rings. The molecule has 0 radical (unpaired) electrons. The first kappa shape index (κ1) is 17.6. The maximum absolute atomic E-state index is 12.9. The van der Waals surface area contributed by atoms with Gasteiger partial charge < -0.3 is 19.5 Å². The molecule has 1 N–H and O–H groups in total. The molecule has 1 aromatic carbocycles. The van der Waals surface area contributed by atoms with Gasteiger partial charge in [0.15, 0.2) is 0 Å². The number of H-pyrrole nitrogens is 1. The van der Waals surface area contributed by atoms with E-state index < -0.39 is 5.60 Å². The molecule has 0 bridgehead atoms. The fourth-order valence-corrected chi connectivity index (χ4v) is 3.10. The lowest BCUT2D eigenvalue weighted by atomic mass is 10.1. The normalized spacial score (nSPS) is 15.5. The number of aromatic nitrogens is 1. The molecule has 2 heterocycles. The maximum Gasteiger partial charge on any atom is 0.410 e. The van der Waals surface area contributed by atoms with Gasteiger partial charge in [0, 0.05) is 37.8 Å². The van der Waals surface area contributed by atoms with Crippen molar-refractivity contribution in [1.29, 1.82) is 0 Å². The topological polar surface area (TPSA) is 65.6 Å². The Bertz CT molecular complexity index is 801. The van der Waals surface area contributed by atoms with Crippen LogP contribution in [0.4, 0.5) is 4.79 Å². The molecule has 3 rings (SSSR count). The predicted molar refractivity (Wildman–Crippen MR) is 97.0 cm³/mol. The standard InChI is InChI=1S/C18H22ClN3O3/c1-18(2,3)25-17(24)22-9-7-21(8-10-22)16(23)13-6-4-5-12-14(19)11-20-15(12)13/h4-6,11,20H,7-10H2,1-3H3. The fourth-order valence-electron chi connectivity index (χ4n) is 2.89. The Balaban J connectivity index is 1.68. The smallest absolute Gasteiger partial charge is 0.410 e. The second kappa shape index (κ2) is 6.59. The van der Waals surface area contributed by atoms with Gasteiger partial charge in [-0.2, -0.15) is 0 Å². The summed E-state index contributed by atoms with van der Waals surface area (Å²) in [5.74, 6) is -0.0621. The van der Waals surface area contributed by atoms with E-state index in [1.54, 1.807) is 22.1 Å². The Morgan fingerprint density at radius 3 is 2.40 bits per heavy atom.